The topological polar surface area (TPSA) is 56.6 Å². The second kappa shape index (κ2) is 9.59. The summed E-state index contributed by atoms with van der Waals surface area (Å²) in [6.45, 7) is 4.10. The van der Waals surface area contributed by atoms with E-state index in [0.717, 1.165) is 47.0 Å². The lowest BCUT2D eigenvalue weighted by Crippen LogP contribution is -2.24. The smallest absolute Gasteiger partial charge is 0.227 e. The molecule has 0 unspecified atom stereocenters. The molecule has 0 spiro atoms. The first-order chi connectivity index (χ1) is 16.6. The maximum absolute atomic E-state index is 12.9. The second-order valence-corrected chi connectivity index (χ2v) is 8.73. The molecular weight excluding hydrogens is 426 g/mol. The zero-order chi connectivity index (χ0) is 23.5. The molecule has 0 aliphatic carbocycles. The molecule has 1 aromatic heterocycles. The maximum atomic E-state index is 12.9. The molecule has 0 saturated carbocycles. The normalized spacial score (nSPS) is 15.8. The quantitative estimate of drug-likeness (QED) is 0.337. The number of amides is 1. The number of rotatable bonds is 8. The molecule has 1 atom stereocenters. The fourth-order valence-corrected chi connectivity index (χ4v) is 4.58. The highest BCUT2D eigenvalue weighted by molar-refractivity contribution is 5.96. The lowest BCUT2D eigenvalue weighted by atomic mass is 10.1. The molecule has 0 bridgehead atoms. The van der Waals surface area contributed by atoms with E-state index in [1.807, 2.05) is 59.5 Å². The van der Waals surface area contributed by atoms with Crippen LogP contribution in [0.5, 0.6) is 11.5 Å². The van der Waals surface area contributed by atoms with Gasteiger partial charge < -0.3 is 18.9 Å². The summed E-state index contributed by atoms with van der Waals surface area (Å²) in [5.41, 5.74) is 4.18. The molecule has 4 aromatic rings. The van der Waals surface area contributed by atoms with E-state index in [1.165, 1.54) is 5.56 Å². The fraction of sp³-hybridized carbons (Fsp3) is 0.286. The Morgan fingerprint density at radius 2 is 1.71 bits per heavy atom. The number of ether oxygens (including phenoxy) is 2. The van der Waals surface area contributed by atoms with Crippen LogP contribution in [-0.4, -0.2) is 35.7 Å². The number of para-hydroxylation sites is 2. The molecule has 1 fully saturated rings. The van der Waals surface area contributed by atoms with Gasteiger partial charge in [-0.1, -0.05) is 29.8 Å². The number of carbonyl (C=O) groups is 1. The van der Waals surface area contributed by atoms with Crippen LogP contribution < -0.4 is 14.4 Å². The third kappa shape index (κ3) is 4.49. The summed E-state index contributed by atoms with van der Waals surface area (Å²) in [5.74, 6) is 2.80. The summed E-state index contributed by atoms with van der Waals surface area (Å²) in [4.78, 5) is 19.7. The van der Waals surface area contributed by atoms with Crippen molar-refractivity contribution in [2.45, 2.75) is 32.2 Å². The minimum absolute atomic E-state index is 0.0417. The van der Waals surface area contributed by atoms with E-state index in [-0.39, 0.29) is 11.8 Å². The van der Waals surface area contributed by atoms with E-state index in [4.69, 9.17) is 14.5 Å². The lowest BCUT2D eigenvalue weighted by molar-refractivity contribution is -0.117. The van der Waals surface area contributed by atoms with Gasteiger partial charge in [0.2, 0.25) is 5.91 Å². The Labute approximate surface area is 199 Å². The average molecular weight is 456 g/mol. The van der Waals surface area contributed by atoms with Gasteiger partial charge in [-0.25, -0.2) is 4.98 Å². The molecule has 1 amide bonds. The van der Waals surface area contributed by atoms with E-state index in [1.54, 1.807) is 7.11 Å². The van der Waals surface area contributed by atoms with Gasteiger partial charge in [-0.05, 0) is 61.9 Å². The third-order valence-electron chi connectivity index (χ3n) is 6.37. The van der Waals surface area contributed by atoms with Gasteiger partial charge in [0.05, 0.1) is 24.8 Å². The standard InChI is InChI=1S/C28H29N3O3/c1-20-8-12-24(13-9-20)34-17-5-16-30-26-7-4-3-6-25(26)29-28(30)21-18-27(32)31(19-21)22-10-14-23(33-2)15-11-22/h3-4,6-15,21H,5,16-19H2,1-2H3/t21-/m1/s1. The number of hydrogen-bond acceptors (Lipinski definition) is 4. The van der Waals surface area contributed by atoms with Crippen molar-refractivity contribution in [3.8, 4) is 11.5 Å². The molecule has 1 saturated heterocycles. The zero-order valence-corrected chi connectivity index (χ0v) is 19.6. The van der Waals surface area contributed by atoms with E-state index in [2.05, 4.69) is 29.7 Å². The Kier molecular flexibility index (Phi) is 6.21. The van der Waals surface area contributed by atoms with Crippen molar-refractivity contribution in [3.05, 3.63) is 84.2 Å². The third-order valence-corrected chi connectivity index (χ3v) is 6.37. The van der Waals surface area contributed by atoms with Crippen LogP contribution in [0.4, 0.5) is 5.69 Å². The van der Waals surface area contributed by atoms with Crippen molar-refractivity contribution in [1.82, 2.24) is 9.55 Å². The lowest BCUT2D eigenvalue weighted by Gasteiger charge is -2.18. The first-order valence-electron chi connectivity index (χ1n) is 11.7. The summed E-state index contributed by atoms with van der Waals surface area (Å²) in [6.07, 6.45) is 1.30. The van der Waals surface area contributed by atoms with Gasteiger partial charge >= 0.3 is 0 Å². The van der Waals surface area contributed by atoms with Gasteiger partial charge in [0, 0.05) is 31.1 Å². The van der Waals surface area contributed by atoms with Crippen LogP contribution in [0.1, 0.15) is 30.1 Å². The van der Waals surface area contributed by atoms with Crippen LogP contribution in [0.3, 0.4) is 0 Å². The van der Waals surface area contributed by atoms with Crippen LogP contribution >= 0.6 is 0 Å². The molecule has 2 heterocycles. The zero-order valence-electron chi connectivity index (χ0n) is 19.6. The second-order valence-electron chi connectivity index (χ2n) is 8.73. The predicted octanol–water partition coefficient (Wildman–Crippen LogP) is 5.34. The molecule has 1 aliphatic heterocycles. The van der Waals surface area contributed by atoms with Gasteiger partial charge in [-0.3, -0.25) is 4.79 Å². The monoisotopic (exact) mass is 455 g/mol. The molecule has 0 N–H and O–H groups in total. The first-order valence-corrected chi connectivity index (χ1v) is 11.7. The van der Waals surface area contributed by atoms with Crippen LogP contribution in [0.15, 0.2) is 72.8 Å². The number of nitrogens with zero attached hydrogens (tertiary/aromatic N) is 3. The maximum Gasteiger partial charge on any atom is 0.227 e. The van der Waals surface area contributed by atoms with Crippen molar-refractivity contribution in [3.63, 3.8) is 0 Å². The molecular formula is C28H29N3O3. The molecule has 174 valence electrons. The molecule has 0 radical (unpaired) electrons. The highest BCUT2D eigenvalue weighted by atomic mass is 16.5. The number of methoxy groups -OCH3 is 1. The van der Waals surface area contributed by atoms with Crippen molar-refractivity contribution in [2.75, 3.05) is 25.2 Å². The van der Waals surface area contributed by atoms with Crippen molar-refractivity contribution in [2.24, 2.45) is 0 Å². The molecule has 6 nitrogen and oxygen atoms in total. The van der Waals surface area contributed by atoms with Crippen LogP contribution in [0, 0.1) is 6.92 Å². The average Bonchev–Trinajstić information content (AvgIpc) is 3.43. The number of hydrogen-bond donors (Lipinski definition) is 0. The van der Waals surface area contributed by atoms with Gasteiger partial charge in [0.25, 0.3) is 0 Å². The van der Waals surface area contributed by atoms with Gasteiger partial charge in [-0.2, -0.15) is 0 Å². The summed E-state index contributed by atoms with van der Waals surface area (Å²) >= 11 is 0. The van der Waals surface area contributed by atoms with Crippen LogP contribution in [0.25, 0.3) is 11.0 Å². The predicted molar refractivity (Wildman–Crippen MR) is 134 cm³/mol. The number of carbonyl (C=O) groups excluding carboxylic acids is 1. The number of aromatic nitrogens is 2. The van der Waals surface area contributed by atoms with Gasteiger partial charge in [0.1, 0.15) is 17.3 Å². The number of imidazole rings is 1. The first kappa shape index (κ1) is 22.0. The van der Waals surface area contributed by atoms with Crippen LogP contribution in [0.2, 0.25) is 0 Å². The number of aryl methyl sites for hydroxylation is 2. The Morgan fingerprint density at radius 3 is 2.47 bits per heavy atom. The van der Waals surface area contributed by atoms with Crippen molar-refractivity contribution >= 4 is 22.6 Å². The highest BCUT2D eigenvalue weighted by Crippen LogP contribution is 2.34. The Hall–Kier alpha value is -3.80. The largest absolute Gasteiger partial charge is 0.497 e. The Balaban J connectivity index is 1.33. The Morgan fingerprint density at radius 1 is 0.971 bits per heavy atom. The van der Waals surface area contributed by atoms with Crippen molar-refractivity contribution in [1.29, 1.82) is 0 Å². The summed E-state index contributed by atoms with van der Waals surface area (Å²) in [6, 6.07) is 24.0. The summed E-state index contributed by atoms with van der Waals surface area (Å²) < 4.78 is 13.5. The highest BCUT2D eigenvalue weighted by Gasteiger charge is 2.34. The van der Waals surface area contributed by atoms with Gasteiger partial charge in [0.15, 0.2) is 0 Å². The number of fused-ring (bicyclic) bond motifs is 1. The SMILES string of the molecule is COc1ccc(N2C[C@H](c3nc4ccccc4n3CCCOc3ccc(C)cc3)CC2=O)cc1. The van der Waals surface area contributed by atoms with Gasteiger partial charge in [-0.15, -0.1) is 0 Å². The summed E-state index contributed by atoms with van der Waals surface area (Å²) in [7, 11) is 1.64. The molecule has 5 rings (SSSR count). The van der Waals surface area contributed by atoms with E-state index >= 15 is 0 Å². The molecule has 1 aliphatic rings. The number of benzene rings is 3. The van der Waals surface area contributed by atoms with Crippen LogP contribution in [-0.2, 0) is 11.3 Å². The molecule has 6 heteroatoms. The summed E-state index contributed by atoms with van der Waals surface area (Å²) in [5, 5.41) is 0. The molecule has 34 heavy (non-hydrogen) atoms. The minimum Gasteiger partial charge on any atom is -0.497 e. The van der Waals surface area contributed by atoms with E-state index < -0.39 is 0 Å². The van der Waals surface area contributed by atoms with Crippen molar-refractivity contribution < 1.29 is 14.3 Å². The Bertz CT molecular complexity index is 1280. The fourth-order valence-electron chi connectivity index (χ4n) is 4.58. The van der Waals surface area contributed by atoms with E-state index in [9.17, 15) is 4.79 Å². The molecule has 3 aromatic carbocycles. The minimum atomic E-state index is 0.0417. The van der Waals surface area contributed by atoms with E-state index in [0.29, 0.717) is 19.6 Å². The number of anilines is 1.